The molecule has 1 aliphatic rings. The van der Waals surface area contributed by atoms with Gasteiger partial charge in [0.1, 0.15) is 12.1 Å². The third-order valence-corrected chi connectivity index (χ3v) is 6.61. The van der Waals surface area contributed by atoms with Crippen molar-refractivity contribution >= 4 is 30.4 Å². The Morgan fingerprint density at radius 2 is 1.73 bits per heavy atom. The van der Waals surface area contributed by atoms with Crippen molar-refractivity contribution in [3.63, 3.8) is 0 Å². The molecule has 0 bridgehead atoms. The Balaban J connectivity index is 2.29. The molecule has 0 saturated carbocycles. The van der Waals surface area contributed by atoms with Crippen LogP contribution in [0.15, 0.2) is 30.3 Å². The van der Waals surface area contributed by atoms with E-state index in [9.17, 15) is 14.4 Å². The summed E-state index contributed by atoms with van der Waals surface area (Å²) in [7, 11) is 1.56. The van der Waals surface area contributed by atoms with Crippen LogP contribution in [0.25, 0.3) is 0 Å². The quantitative estimate of drug-likeness (QED) is 0.551. The summed E-state index contributed by atoms with van der Waals surface area (Å²) in [5.74, 6) is -0.643. The number of amides is 3. The van der Waals surface area contributed by atoms with Gasteiger partial charge in [0.15, 0.2) is 0 Å². The fourth-order valence-corrected chi connectivity index (χ4v) is 4.12. The van der Waals surface area contributed by atoms with Crippen LogP contribution in [-0.2, 0) is 20.8 Å². The Hall–Kier alpha value is -2.02. The fraction of sp³-hybridized carbons (Fsp3) is 0.609. The van der Waals surface area contributed by atoms with Crippen molar-refractivity contribution in [3.8, 4) is 0 Å². The maximum atomic E-state index is 13.4. The smallest absolute Gasteiger partial charge is 0.243 e. The number of nitrogens with zero attached hydrogens (tertiary/aromatic N) is 1. The summed E-state index contributed by atoms with van der Waals surface area (Å²) >= 11 is 4.50. The molecule has 6 nitrogen and oxygen atoms in total. The van der Waals surface area contributed by atoms with Crippen molar-refractivity contribution in [2.75, 3.05) is 13.6 Å². The molecule has 3 amide bonds. The molecule has 0 spiro atoms. The van der Waals surface area contributed by atoms with Gasteiger partial charge in [-0.15, -0.1) is 0 Å². The van der Waals surface area contributed by atoms with Gasteiger partial charge < -0.3 is 15.5 Å². The van der Waals surface area contributed by atoms with E-state index in [1.807, 2.05) is 58.0 Å². The number of carbonyl (C=O) groups excluding carboxylic acids is 3. The number of carbonyl (C=O) groups is 3. The van der Waals surface area contributed by atoms with E-state index in [4.69, 9.17) is 0 Å². The minimum atomic E-state index is -0.644. The first-order chi connectivity index (χ1) is 14.2. The Morgan fingerprint density at radius 3 is 2.27 bits per heavy atom. The lowest BCUT2D eigenvalue weighted by Crippen LogP contribution is -2.57. The molecule has 30 heavy (non-hydrogen) atoms. The average Bonchev–Trinajstić information content (AvgIpc) is 3.14. The summed E-state index contributed by atoms with van der Waals surface area (Å²) in [4.78, 5) is 40.4. The molecule has 1 aromatic carbocycles. The summed E-state index contributed by atoms with van der Waals surface area (Å²) in [5.41, 5.74) is 1.13. The number of hydrogen-bond acceptors (Lipinski definition) is 4. The molecule has 1 aliphatic heterocycles. The summed E-state index contributed by atoms with van der Waals surface area (Å²) in [6.45, 7) is 8.19. The maximum Gasteiger partial charge on any atom is 0.243 e. The molecule has 7 heteroatoms. The third-order valence-electron chi connectivity index (χ3n) is 5.79. The standard InChI is InChI=1S/C23H35N3O3S/c1-14(2)18(21(27)24-5)25-22(28)19-17(13-16-9-7-6-8-10-16)11-12-26(19)23(29)20(30)15(3)4/h6-10,14-15,17-20,30H,11-13H2,1-5H3,(H,24,27)(H,25,28). The normalized spacial score (nSPS) is 20.9. The highest BCUT2D eigenvalue weighted by atomic mass is 32.1. The van der Waals surface area contributed by atoms with Crippen LogP contribution in [0.2, 0.25) is 0 Å². The lowest BCUT2D eigenvalue weighted by atomic mass is 9.91. The molecule has 2 N–H and O–H groups in total. The molecule has 1 fully saturated rings. The average molecular weight is 434 g/mol. The van der Waals surface area contributed by atoms with E-state index < -0.39 is 17.3 Å². The molecule has 4 unspecified atom stereocenters. The van der Waals surface area contributed by atoms with Crippen LogP contribution < -0.4 is 10.6 Å². The monoisotopic (exact) mass is 433 g/mol. The SMILES string of the molecule is CNC(=O)C(NC(=O)C1C(Cc2ccccc2)CCN1C(=O)C(S)C(C)C)C(C)C. The second kappa shape index (κ2) is 10.8. The van der Waals surface area contributed by atoms with Gasteiger partial charge in [-0.3, -0.25) is 14.4 Å². The Morgan fingerprint density at radius 1 is 1.10 bits per heavy atom. The van der Waals surface area contributed by atoms with Crippen LogP contribution in [-0.4, -0.2) is 53.5 Å². The zero-order valence-corrected chi connectivity index (χ0v) is 19.5. The molecular formula is C23H35N3O3S. The molecule has 0 aliphatic carbocycles. The van der Waals surface area contributed by atoms with Gasteiger partial charge in [0, 0.05) is 13.6 Å². The summed E-state index contributed by atoms with van der Waals surface area (Å²) in [5, 5.41) is 5.06. The minimum absolute atomic E-state index is 0.0125. The topological polar surface area (TPSA) is 78.5 Å². The van der Waals surface area contributed by atoms with Gasteiger partial charge in [-0.05, 0) is 36.2 Å². The molecule has 1 heterocycles. The number of rotatable bonds is 8. The van der Waals surface area contributed by atoms with Crippen LogP contribution in [0, 0.1) is 17.8 Å². The number of nitrogens with one attached hydrogen (secondary N) is 2. The van der Waals surface area contributed by atoms with Crippen LogP contribution >= 0.6 is 12.6 Å². The predicted octanol–water partition coefficient (Wildman–Crippen LogP) is 2.29. The highest BCUT2D eigenvalue weighted by Gasteiger charge is 2.44. The van der Waals surface area contributed by atoms with Crippen molar-refractivity contribution in [1.82, 2.24) is 15.5 Å². The number of benzene rings is 1. The molecule has 0 aromatic heterocycles. The van der Waals surface area contributed by atoms with E-state index in [0.29, 0.717) is 13.0 Å². The summed E-state index contributed by atoms with van der Waals surface area (Å²) in [6, 6.07) is 8.73. The second-order valence-corrected chi connectivity index (χ2v) is 9.30. The number of hydrogen-bond donors (Lipinski definition) is 3. The fourth-order valence-electron chi connectivity index (χ4n) is 3.97. The van der Waals surface area contributed by atoms with E-state index in [1.165, 1.54) is 0 Å². The van der Waals surface area contributed by atoms with Crippen molar-refractivity contribution in [1.29, 1.82) is 0 Å². The first-order valence-corrected chi connectivity index (χ1v) is 11.2. The second-order valence-electron chi connectivity index (χ2n) is 8.75. The first-order valence-electron chi connectivity index (χ1n) is 10.7. The Labute approximate surface area is 185 Å². The van der Waals surface area contributed by atoms with E-state index in [1.54, 1.807) is 11.9 Å². The van der Waals surface area contributed by atoms with Crippen molar-refractivity contribution in [3.05, 3.63) is 35.9 Å². The molecule has 0 radical (unpaired) electrons. The number of thiol groups is 1. The molecular weight excluding hydrogens is 398 g/mol. The van der Waals surface area contributed by atoms with Crippen LogP contribution in [0.1, 0.15) is 39.7 Å². The molecule has 2 rings (SSSR count). The van der Waals surface area contributed by atoms with Crippen molar-refractivity contribution in [2.24, 2.45) is 17.8 Å². The predicted molar refractivity (Wildman–Crippen MR) is 122 cm³/mol. The maximum absolute atomic E-state index is 13.4. The van der Waals surface area contributed by atoms with Gasteiger partial charge in [0.05, 0.1) is 5.25 Å². The van der Waals surface area contributed by atoms with Crippen molar-refractivity contribution < 1.29 is 14.4 Å². The van der Waals surface area contributed by atoms with Gasteiger partial charge >= 0.3 is 0 Å². The largest absolute Gasteiger partial charge is 0.357 e. The first kappa shape index (κ1) is 24.3. The van der Waals surface area contributed by atoms with Gasteiger partial charge in [0.2, 0.25) is 17.7 Å². The summed E-state index contributed by atoms with van der Waals surface area (Å²) in [6.07, 6.45) is 1.44. The molecule has 4 atom stereocenters. The molecule has 166 valence electrons. The van der Waals surface area contributed by atoms with Gasteiger partial charge in [-0.25, -0.2) is 0 Å². The van der Waals surface area contributed by atoms with Crippen LogP contribution in [0.5, 0.6) is 0 Å². The Bertz CT molecular complexity index is 738. The van der Waals surface area contributed by atoms with Crippen LogP contribution in [0.3, 0.4) is 0 Å². The van der Waals surface area contributed by atoms with Gasteiger partial charge in [-0.2, -0.15) is 12.6 Å². The minimum Gasteiger partial charge on any atom is -0.357 e. The highest BCUT2D eigenvalue weighted by molar-refractivity contribution is 7.81. The third kappa shape index (κ3) is 5.78. The molecule has 1 saturated heterocycles. The lowest BCUT2D eigenvalue weighted by Gasteiger charge is -2.32. The highest BCUT2D eigenvalue weighted by Crippen LogP contribution is 2.30. The van der Waals surface area contributed by atoms with E-state index in [-0.39, 0.29) is 35.5 Å². The zero-order chi connectivity index (χ0) is 22.4. The van der Waals surface area contributed by atoms with Crippen molar-refractivity contribution in [2.45, 2.75) is 57.9 Å². The Kier molecular flexibility index (Phi) is 8.77. The van der Waals surface area contributed by atoms with E-state index >= 15 is 0 Å². The van der Waals surface area contributed by atoms with E-state index in [2.05, 4.69) is 23.3 Å². The van der Waals surface area contributed by atoms with E-state index in [0.717, 1.165) is 12.0 Å². The number of likely N-dealkylation sites (tertiary alicyclic amines) is 1. The van der Waals surface area contributed by atoms with Gasteiger partial charge in [0.25, 0.3) is 0 Å². The number of likely N-dealkylation sites (N-methyl/N-ethyl adjacent to an activating group) is 1. The zero-order valence-electron chi connectivity index (χ0n) is 18.6. The lowest BCUT2D eigenvalue weighted by molar-refractivity contribution is -0.140. The summed E-state index contributed by atoms with van der Waals surface area (Å²) < 4.78 is 0. The molecule has 1 aromatic rings. The van der Waals surface area contributed by atoms with Gasteiger partial charge in [-0.1, -0.05) is 58.0 Å². The van der Waals surface area contributed by atoms with Crippen LogP contribution in [0.4, 0.5) is 0 Å².